The van der Waals surface area contributed by atoms with E-state index in [2.05, 4.69) is 9.97 Å². The summed E-state index contributed by atoms with van der Waals surface area (Å²) in [5.74, 6) is -1.62. The van der Waals surface area contributed by atoms with Crippen LogP contribution in [-0.2, 0) is 9.47 Å². The molecule has 1 aromatic carbocycles. The smallest absolute Gasteiger partial charge is 0.357 e. The monoisotopic (exact) mass is 394 g/mol. The first kappa shape index (κ1) is 20.3. The van der Waals surface area contributed by atoms with Crippen LogP contribution in [0.15, 0.2) is 36.4 Å². The molecule has 0 unspecified atom stereocenters. The predicted octanol–water partition coefficient (Wildman–Crippen LogP) is 3.78. The second-order valence-electron chi connectivity index (χ2n) is 6.65. The van der Waals surface area contributed by atoms with E-state index in [-0.39, 0.29) is 18.0 Å². The quantitative estimate of drug-likeness (QED) is 0.505. The molecule has 2 aromatic heterocycles. The Morgan fingerprint density at radius 1 is 1.07 bits per heavy atom. The number of hydrogen-bond acceptors (Lipinski definition) is 6. The number of fused-ring (bicyclic) bond motifs is 1. The summed E-state index contributed by atoms with van der Waals surface area (Å²) < 4.78 is 10.4. The number of aryl methyl sites for hydroxylation is 1. The molecule has 0 saturated heterocycles. The maximum Gasteiger partial charge on any atom is 0.357 e. The number of aromatic amines is 1. The molecule has 150 valence electrons. The number of ketones is 1. The molecular weight excluding hydrogens is 372 g/mol. The number of carbonyl (C=O) groups is 3. The second-order valence-corrected chi connectivity index (χ2v) is 6.65. The highest BCUT2D eigenvalue weighted by molar-refractivity contribution is 6.04. The standard InChI is InChI=1S/C22H22N2O5/c1-5-28-22(27)18-12(2)19(23-13(18)3)20(25)14(4)29-21(26)17-11-10-15-8-6-7-9-16(15)24-17/h6-11,14,23H,5H2,1-4H3/t14-/m0/s1. The van der Waals surface area contributed by atoms with Crippen LogP contribution < -0.4 is 0 Å². The molecule has 7 nitrogen and oxygen atoms in total. The van der Waals surface area contributed by atoms with Gasteiger partial charge in [-0.3, -0.25) is 4.79 Å². The normalized spacial score (nSPS) is 11.9. The van der Waals surface area contributed by atoms with Crippen LogP contribution in [0.25, 0.3) is 10.9 Å². The third kappa shape index (κ3) is 4.03. The molecule has 3 rings (SSSR count). The van der Waals surface area contributed by atoms with Crippen LogP contribution in [0.4, 0.5) is 0 Å². The van der Waals surface area contributed by atoms with Gasteiger partial charge in [0.05, 0.1) is 23.4 Å². The fourth-order valence-electron chi connectivity index (χ4n) is 3.16. The topological polar surface area (TPSA) is 98.4 Å². The molecule has 1 atom stereocenters. The van der Waals surface area contributed by atoms with E-state index < -0.39 is 23.8 Å². The van der Waals surface area contributed by atoms with Crippen molar-refractivity contribution in [3.8, 4) is 0 Å². The zero-order chi connectivity index (χ0) is 21.1. The fourth-order valence-corrected chi connectivity index (χ4v) is 3.16. The minimum absolute atomic E-state index is 0.120. The molecule has 0 aliphatic rings. The largest absolute Gasteiger partial charge is 0.462 e. The summed E-state index contributed by atoms with van der Waals surface area (Å²) in [7, 11) is 0. The van der Waals surface area contributed by atoms with E-state index in [0.717, 1.165) is 5.39 Å². The van der Waals surface area contributed by atoms with Gasteiger partial charge in [-0.1, -0.05) is 24.3 Å². The number of benzene rings is 1. The molecule has 0 amide bonds. The third-order valence-corrected chi connectivity index (χ3v) is 4.62. The lowest BCUT2D eigenvalue weighted by atomic mass is 10.1. The van der Waals surface area contributed by atoms with Crippen molar-refractivity contribution in [3.05, 3.63) is 64.6 Å². The average molecular weight is 394 g/mol. The Labute approximate surface area is 168 Å². The Hall–Kier alpha value is -3.48. The number of H-pyrrole nitrogens is 1. The Bertz CT molecular complexity index is 1100. The lowest BCUT2D eigenvalue weighted by molar-refractivity contribution is 0.0311. The van der Waals surface area contributed by atoms with Gasteiger partial charge in [-0.2, -0.15) is 0 Å². The Balaban J connectivity index is 1.78. The van der Waals surface area contributed by atoms with Gasteiger partial charge in [-0.15, -0.1) is 0 Å². The van der Waals surface area contributed by atoms with Gasteiger partial charge in [0.1, 0.15) is 5.69 Å². The number of ether oxygens (including phenoxy) is 2. The molecule has 0 radical (unpaired) electrons. The number of aromatic nitrogens is 2. The van der Waals surface area contributed by atoms with Crippen molar-refractivity contribution in [1.29, 1.82) is 0 Å². The summed E-state index contributed by atoms with van der Waals surface area (Å²) in [4.78, 5) is 44.6. The zero-order valence-electron chi connectivity index (χ0n) is 16.7. The first-order valence-corrected chi connectivity index (χ1v) is 9.30. The summed E-state index contributed by atoms with van der Waals surface area (Å²) in [6, 6.07) is 10.7. The zero-order valence-corrected chi connectivity index (χ0v) is 16.7. The highest BCUT2D eigenvalue weighted by Gasteiger charge is 2.28. The first-order valence-electron chi connectivity index (χ1n) is 9.30. The SMILES string of the molecule is CCOC(=O)c1c(C)[nH]c(C(=O)[C@H](C)OC(=O)c2ccc3ccccc3n2)c1C. The van der Waals surface area contributed by atoms with Gasteiger partial charge < -0.3 is 14.5 Å². The summed E-state index contributed by atoms with van der Waals surface area (Å²) >= 11 is 0. The van der Waals surface area contributed by atoms with Crippen molar-refractivity contribution in [1.82, 2.24) is 9.97 Å². The van der Waals surface area contributed by atoms with Crippen LogP contribution in [-0.4, -0.2) is 40.4 Å². The maximum atomic E-state index is 12.8. The Morgan fingerprint density at radius 2 is 1.79 bits per heavy atom. The van der Waals surface area contributed by atoms with Gasteiger partial charge in [0.15, 0.2) is 6.10 Å². The number of pyridine rings is 1. The molecule has 0 aliphatic carbocycles. The number of esters is 2. The number of hydrogen-bond donors (Lipinski definition) is 1. The van der Waals surface area contributed by atoms with Gasteiger partial charge in [0, 0.05) is 11.1 Å². The molecule has 2 heterocycles. The van der Waals surface area contributed by atoms with Crippen LogP contribution in [0.2, 0.25) is 0 Å². The van der Waals surface area contributed by atoms with Crippen molar-refractivity contribution < 1.29 is 23.9 Å². The number of nitrogens with zero attached hydrogens (tertiary/aromatic N) is 1. The van der Waals surface area contributed by atoms with Crippen molar-refractivity contribution in [3.63, 3.8) is 0 Å². The molecule has 0 saturated carbocycles. The van der Waals surface area contributed by atoms with Crippen molar-refractivity contribution in [2.24, 2.45) is 0 Å². The summed E-state index contributed by atoms with van der Waals surface area (Å²) in [6.45, 7) is 6.78. The van der Waals surface area contributed by atoms with Gasteiger partial charge in [0.25, 0.3) is 0 Å². The van der Waals surface area contributed by atoms with Gasteiger partial charge in [0.2, 0.25) is 5.78 Å². The Morgan fingerprint density at radius 3 is 2.52 bits per heavy atom. The number of carbonyl (C=O) groups excluding carboxylic acids is 3. The van der Waals surface area contributed by atoms with Crippen molar-refractivity contribution >= 4 is 28.6 Å². The minimum atomic E-state index is -1.05. The van der Waals surface area contributed by atoms with E-state index in [1.165, 1.54) is 6.92 Å². The number of rotatable bonds is 6. The predicted molar refractivity (Wildman–Crippen MR) is 107 cm³/mol. The summed E-state index contributed by atoms with van der Waals surface area (Å²) in [6.07, 6.45) is -1.05. The first-order chi connectivity index (χ1) is 13.8. The molecule has 0 fully saturated rings. The number of Topliss-reactive ketones (excluding diaryl/α,β-unsaturated/α-hetero) is 1. The molecule has 7 heteroatoms. The van der Waals surface area contributed by atoms with E-state index in [1.807, 2.05) is 18.2 Å². The number of nitrogens with one attached hydrogen (secondary N) is 1. The summed E-state index contributed by atoms with van der Waals surface area (Å²) in [5.41, 5.74) is 2.32. The fraction of sp³-hybridized carbons (Fsp3) is 0.273. The average Bonchev–Trinajstić information content (AvgIpc) is 3.01. The maximum absolute atomic E-state index is 12.8. The second kappa shape index (κ2) is 8.26. The molecule has 0 bridgehead atoms. The van der Waals surface area contributed by atoms with E-state index in [4.69, 9.17) is 9.47 Å². The van der Waals surface area contributed by atoms with E-state index >= 15 is 0 Å². The molecule has 0 spiro atoms. The molecule has 1 N–H and O–H groups in total. The van der Waals surface area contributed by atoms with Crippen LogP contribution in [0.5, 0.6) is 0 Å². The van der Waals surface area contributed by atoms with Gasteiger partial charge >= 0.3 is 11.9 Å². The number of para-hydroxylation sites is 1. The third-order valence-electron chi connectivity index (χ3n) is 4.62. The van der Waals surface area contributed by atoms with E-state index in [1.54, 1.807) is 39.0 Å². The molecule has 29 heavy (non-hydrogen) atoms. The van der Waals surface area contributed by atoms with Crippen molar-refractivity contribution in [2.75, 3.05) is 6.61 Å². The highest BCUT2D eigenvalue weighted by Crippen LogP contribution is 2.21. The molecule has 3 aromatic rings. The lowest BCUT2D eigenvalue weighted by Gasteiger charge is -2.12. The van der Waals surface area contributed by atoms with Crippen molar-refractivity contribution in [2.45, 2.75) is 33.8 Å². The lowest BCUT2D eigenvalue weighted by Crippen LogP contribution is -2.25. The highest BCUT2D eigenvalue weighted by atomic mass is 16.5. The van der Waals surface area contributed by atoms with Crippen LogP contribution in [0, 0.1) is 13.8 Å². The molecule has 0 aliphatic heterocycles. The van der Waals surface area contributed by atoms with Gasteiger partial charge in [-0.25, -0.2) is 14.6 Å². The van der Waals surface area contributed by atoms with Crippen LogP contribution >= 0.6 is 0 Å². The van der Waals surface area contributed by atoms with Crippen LogP contribution in [0.3, 0.4) is 0 Å². The Kier molecular flexibility index (Phi) is 5.77. The van der Waals surface area contributed by atoms with E-state index in [9.17, 15) is 14.4 Å². The van der Waals surface area contributed by atoms with E-state index in [0.29, 0.717) is 22.3 Å². The van der Waals surface area contributed by atoms with Crippen LogP contribution in [0.1, 0.15) is 56.4 Å². The summed E-state index contributed by atoms with van der Waals surface area (Å²) in [5, 5.41) is 0.900. The van der Waals surface area contributed by atoms with Gasteiger partial charge in [-0.05, 0) is 45.4 Å². The molecular formula is C22H22N2O5. The minimum Gasteiger partial charge on any atom is -0.462 e.